The van der Waals surface area contributed by atoms with E-state index in [0.29, 0.717) is 5.92 Å². The molecule has 5 nitrogen and oxygen atoms in total. The molecule has 1 aliphatic rings. The van der Waals surface area contributed by atoms with Crippen molar-refractivity contribution >= 4 is 0 Å². The van der Waals surface area contributed by atoms with Crippen LogP contribution in [0.5, 0.6) is 0 Å². The highest BCUT2D eigenvalue weighted by molar-refractivity contribution is 5.44. The van der Waals surface area contributed by atoms with E-state index in [-0.39, 0.29) is 0 Å². The van der Waals surface area contributed by atoms with Gasteiger partial charge in [-0.25, -0.2) is 9.67 Å². The molecule has 1 unspecified atom stereocenters. The van der Waals surface area contributed by atoms with E-state index in [1.807, 2.05) is 23.3 Å². The average Bonchev–Trinajstić information content (AvgIpc) is 3.20. The molecule has 0 radical (unpaired) electrons. The summed E-state index contributed by atoms with van der Waals surface area (Å²) in [5, 5.41) is 7.92. The zero-order valence-corrected chi connectivity index (χ0v) is 11.0. The van der Waals surface area contributed by atoms with Crippen molar-refractivity contribution in [1.29, 1.82) is 0 Å². The van der Waals surface area contributed by atoms with Crippen LogP contribution in [0.4, 0.5) is 0 Å². The van der Waals surface area contributed by atoms with E-state index in [4.69, 9.17) is 0 Å². The zero-order chi connectivity index (χ0) is 13.4. The molecule has 0 fully saturated rings. The summed E-state index contributed by atoms with van der Waals surface area (Å²) >= 11 is 0. The van der Waals surface area contributed by atoms with Crippen LogP contribution in [-0.2, 0) is 13.0 Å². The first-order valence-electron chi connectivity index (χ1n) is 6.86. The molecule has 1 N–H and O–H groups in total. The number of rotatable bonds is 3. The minimum absolute atomic E-state index is 0.399. The van der Waals surface area contributed by atoms with Crippen LogP contribution in [0.1, 0.15) is 34.9 Å². The minimum Gasteiger partial charge on any atom is -0.348 e. The molecule has 0 aliphatic heterocycles. The third-order valence-corrected chi connectivity index (χ3v) is 4.02. The van der Waals surface area contributed by atoms with Crippen molar-refractivity contribution in [1.82, 2.24) is 25.0 Å². The molecule has 5 heteroatoms. The maximum absolute atomic E-state index is 4.42. The summed E-state index contributed by atoms with van der Waals surface area (Å²) in [6.45, 7) is 0.786. The SMILES string of the molecule is c1cc(Cn2ccnn2)c2c(c1)C(c1ncc[nH]1)CC2. The second-order valence-electron chi connectivity index (χ2n) is 5.15. The van der Waals surface area contributed by atoms with E-state index < -0.39 is 0 Å². The van der Waals surface area contributed by atoms with Gasteiger partial charge in [-0.05, 0) is 29.5 Å². The van der Waals surface area contributed by atoms with Crippen LogP contribution >= 0.6 is 0 Å². The molecule has 1 aromatic carbocycles. The molecule has 0 bridgehead atoms. The topological polar surface area (TPSA) is 59.4 Å². The lowest BCUT2D eigenvalue weighted by molar-refractivity contribution is 0.646. The van der Waals surface area contributed by atoms with Gasteiger partial charge in [-0.1, -0.05) is 23.4 Å². The highest BCUT2D eigenvalue weighted by Gasteiger charge is 2.27. The summed E-state index contributed by atoms with van der Waals surface area (Å²) in [7, 11) is 0. The van der Waals surface area contributed by atoms with Crippen LogP contribution in [0.25, 0.3) is 0 Å². The van der Waals surface area contributed by atoms with Gasteiger partial charge in [0.15, 0.2) is 0 Å². The van der Waals surface area contributed by atoms with Crippen LogP contribution < -0.4 is 0 Å². The Balaban J connectivity index is 1.71. The van der Waals surface area contributed by atoms with Gasteiger partial charge in [0.25, 0.3) is 0 Å². The molecule has 4 rings (SSSR count). The van der Waals surface area contributed by atoms with Crippen molar-refractivity contribution in [2.24, 2.45) is 0 Å². The Morgan fingerprint density at radius 1 is 1.30 bits per heavy atom. The van der Waals surface area contributed by atoms with Gasteiger partial charge in [-0.15, -0.1) is 5.10 Å². The Bertz CT molecular complexity index is 700. The number of aromatic nitrogens is 5. The Kier molecular flexibility index (Phi) is 2.62. The summed E-state index contributed by atoms with van der Waals surface area (Å²) in [5.41, 5.74) is 4.18. The average molecular weight is 265 g/mol. The van der Waals surface area contributed by atoms with Gasteiger partial charge in [-0.2, -0.15) is 0 Å². The molecule has 100 valence electrons. The minimum atomic E-state index is 0.399. The first kappa shape index (κ1) is 11.4. The van der Waals surface area contributed by atoms with Crippen molar-refractivity contribution in [3.8, 4) is 0 Å². The van der Waals surface area contributed by atoms with E-state index in [1.165, 1.54) is 16.7 Å². The molecule has 3 aromatic rings. The maximum atomic E-state index is 4.42. The highest BCUT2D eigenvalue weighted by atomic mass is 15.4. The van der Waals surface area contributed by atoms with Gasteiger partial charge in [-0.3, -0.25) is 0 Å². The van der Waals surface area contributed by atoms with Crippen molar-refractivity contribution in [3.05, 3.63) is 65.5 Å². The van der Waals surface area contributed by atoms with Crippen molar-refractivity contribution in [2.75, 3.05) is 0 Å². The smallest absolute Gasteiger partial charge is 0.113 e. The quantitative estimate of drug-likeness (QED) is 0.789. The van der Waals surface area contributed by atoms with Gasteiger partial charge >= 0.3 is 0 Å². The van der Waals surface area contributed by atoms with Crippen LogP contribution in [0.2, 0.25) is 0 Å². The first-order chi connectivity index (χ1) is 9.92. The van der Waals surface area contributed by atoms with Gasteiger partial charge in [0.05, 0.1) is 12.7 Å². The third-order valence-electron chi connectivity index (χ3n) is 4.02. The standard InChI is InChI=1S/C15H15N5/c1-2-11(10-20-9-8-18-19-20)12-4-5-14(13(12)3-1)15-16-6-7-17-15/h1-3,6-9,14H,4-5,10H2,(H,16,17). The molecule has 2 heterocycles. The fourth-order valence-electron chi connectivity index (χ4n) is 3.12. The molecule has 2 aromatic heterocycles. The Hall–Kier alpha value is -2.43. The summed E-state index contributed by atoms with van der Waals surface area (Å²) in [6, 6.07) is 6.54. The van der Waals surface area contributed by atoms with Crippen LogP contribution in [-0.4, -0.2) is 25.0 Å². The normalized spacial score (nSPS) is 17.3. The molecule has 0 saturated heterocycles. The Morgan fingerprint density at radius 3 is 3.10 bits per heavy atom. The zero-order valence-electron chi connectivity index (χ0n) is 11.0. The van der Waals surface area contributed by atoms with Crippen LogP contribution in [0.3, 0.4) is 0 Å². The number of fused-ring (bicyclic) bond motifs is 1. The molecular formula is C15H15N5. The number of benzene rings is 1. The van der Waals surface area contributed by atoms with Crippen LogP contribution in [0.15, 0.2) is 43.0 Å². The summed E-state index contributed by atoms with van der Waals surface area (Å²) < 4.78 is 1.87. The van der Waals surface area contributed by atoms with Crippen molar-refractivity contribution in [2.45, 2.75) is 25.3 Å². The number of hydrogen-bond donors (Lipinski definition) is 1. The largest absolute Gasteiger partial charge is 0.348 e. The molecule has 0 amide bonds. The second kappa shape index (κ2) is 4.59. The van der Waals surface area contributed by atoms with E-state index in [0.717, 1.165) is 25.2 Å². The Morgan fingerprint density at radius 2 is 2.30 bits per heavy atom. The van der Waals surface area contributed by atoms with Crippen LogP contribution in [0, 0.1) is 0 Å². The van der Waals surface area contributed by atoms with Gasteiger partial charge < -0.3 is 4.98 Å². The van der Waals surface area contributed by atoms with E-state index in [2.05, 4.69) is 38.5 Å². The van der Waals surface area contributed by atoms with Gasteiger partial charge in [0.2, 0.25) is 0 Å². The predicted molar refractivity (Wildman–Crippen MR) is 74.3 cm³/mol. The summed E-state index contributed by atoms with van der Waals surface area (Å²) in [4.78, 5) is 7.67. The number of nitrogens with zero attached hydrogens (tertiary/aromatic N) is 4. The molecule has 0 saturated carbocycles. The summed E-state index contributed by atoms with van der Waals surface area (Å²) in [5.74, 6) is 1.47. The fraction of sp³-hybridized carbons (Fsp3) is 0.267. The molecule has 20 heavy (non-hydrogen) atoms. The Labute approximate surface area is 116 Å². The maximum Gasteiger partial charge on any atom is 0.113 e. The van der Waals surface area contributed by atoms with Gasteiger partial charge in [0.1, 0.15) is 5.82 Å². The second-order valence-corrected chi connectivity index (χ2v) is 5.15. The number of imidazole rings is 1. The lowest BCUT2D eigenvalue weighted by Crippen LogP contribution is -2.04. The lowest BCUT2D eigenvalue weighted by Gasteiger charge is -2.11. The number of hydrogen-bond acceptors (Lipinski definition) is 3. The van der Waals surface area contributed by atoms with E-state index in [9.17, 15) is 0 Å². The summed E-state index contributed by atoms with van der Waals surface area (Å²) in [6.07, 6.45) is 9.56. The van der Waals surface area contributed by atoms with Gasteiger partial charge in [0, 0.05) is 24.5 Å². The third kappa shape index (κ3) is 1.82. The number of aromatic amines is 1. The molecule has 1 aliphatic carbocycles. The first-order valence-corrected chi connectivity index (χ1v) is 6.86. The fourth-order valence-corrected chi connectivity index (χ4v) is 3.12. The van der Waals surface area contributed by atoms with Crippen molar-refractivity contribution in [3.63, 3.8) is 0 Å². The molecular weight excluding hydrogens is 250 g/mol. The lowest BCUT2D eigenvalue weighted by atomic mass is 9.98. The predicted octanol–water partition coefficient (Wildman–Crippen LogP) is 2.13. The molecule has 0 spiro atoms. The van der Waals surface area contributed by atoms with E-state index in [1.54, 1.807) is 6.20 Å². The number of H-pyrrole nitrogens is 1. The number of nitrogens with one attached hydrogen (secondary N) is 1. The highest BCUT2D eigenvalue weighted by Crippen LogP contribution is 2.38. The van der Waals surface area contributed by atoms with Crippen molar-refractivity contribution < 1.29 is 0 Å². The monoisotopic (exact) mass is 265 g/mol. The molecule has 1 atom stereocenters. The van der Waals surface area contributed by atoms with E-state index >= 15 is 0 Å².